The Labute approximate surface area is 150 Å². The van der Waals surface area contributed by atoms with Crippen molar-refractivity contribution in [2.45, 2.75) is 33.1 Å². The van der Waals surface area contributed by atoms with Crippen LogP contribution in [0.5, 0.6) is 0 Å². The van der Waals surface area contributed by atoms with Crippen LogP contribution < -0.4 is 5.32 Å². The van der Waals surface area contributed by atoms with Crippen LogP contribution >= 0.6 is 11.3 Å². The van der Waals surface area contributed by atoms with Crippen LogP contribution in [-0.2, 0) is 28.9 Å². The van der Waals surface area contributed by atoms with Gasteiger partial charge in [-0.25, -0.2) is 4.98 Å². The number of Topliss-reactive ketones (excluding diaryl/α,β-unsaturated/α-hetero) is 1. The Balaban J connectivity index is 1.65. The molecule has 5 heteroatoms. The number of carbonyl (C=O) groups is 2. The molecule has 0 radical (unpaired) electrons. The van der Waals surface area contributed by atoms with Crippen LogP contribution in [0.4, 0.5) is 5.13 Å². The Bertz CT molecular complexity index is 913. The van der Waals surface area contributed by atoms with Crippen LogP contribution in [0.2, 0.25) is 0 Å². The van der Waals surface area contributed by atoms with Gasteiger partial charge in [0.05, 0.1) is 16.6 Å². The highest BCUT2D eigenvalue weighted by molar-refractivity contribution is 7.22. The van der Waals surface area contributed by atoms with Crippen molar-refractivity contribution < 1.29 is 9.59 Å². The van der Waals surface area contributed by atoms with Gasteiger partial charge >= 0.3 is 0 Å². The smallest absolute Gasteiger partial charge is 0.230 e. The molecule has 0 unspecified atom stereocenters. The Kier molecular flexibility index (Phi) is 5.24. The molecule has 128 valence electrons. The monoisotopic (exact) mass is 352 g/mol. The summed E-state index contributed by atoms with van der Waals surface area (Å²) in [6.07, 6.45) is 1.70. The third-order valence-corrected chi connectivity index (χ3v) is 4.88. The molecule has 25 heavy (non-hydrogen) atoms. The van der Waals surface area contributed by atoms with Gasteiger partial charge in [0.1, 0.15) is 5.78 Å². The first-order valence-electron chi connectivity index (χ1n) is 8.30. The zero-order chi connectivity index (χ0) is 17.8. The molecule has 0 spiro atoms. The fourth-order valence-corrected chi connectivity index (χ4v) is 3.60. The first-order valence-corrected chi connectivity index (χ1v) is 9.11. The summed E-state index contributed by atoms with van der Waals surface area (Å²) in [7, 11) is 0. The molecule has 4 nitrogen and oxygen atoms in total. The van der Waals surface area contributed by atoms with Crippen LogP contribution in [0.3, 0.4) is 0 Å². The van der Waals surface area contributed by atoms with Crippen molar-refractivity contribution in [1.29, 1.82) is 0 Å². The summed E-state index contributed by atoms with van der Waals surface area (Å²) in [5.41, 5.74) is 4.06. The second-order valence-electron chi connectivity index (χ2n) is 6.09. The van der Waals surface area contributed by atoms with Gasteiger partial charge in [0.15, 0.2) is 5.13 Å². The lowest BCUT2D eigenvalue weighted by Crippen LogP contribution is -2.14. The highest BCUT2D eigenvalue weighted by Crippen LogP contribution is 2.27. The molecule has 2 aromatic carbocycles. The maximum Gasteiger partial charge on any atom is 0.230 e. The number of nitrogens with zero attached hydrogens (tertiary/aromatic N) is 1. The number of anilines is 1. The summed E-state index contributed by atoms with van der Waals surface area (Å²) in [6.45, 7) is 3.69. The van der Waals surface area contributed by atoms with E-state index in [2.05, 4.69) is 29.4 Å². The fraction of sp³-hybridized carbons (Fsp3) is 0.250. The number of rotatable bonds is 6. The normalized spacial score (nSPS) is 10.8. The quantitative estimate of drug-likeness (QED) is 0.724. The second kappa shape index (κ2) is 7.57. The Hall–Kier alpha value is -2.53. The Morgan fingerprint density at radius 3 is 2.28 bits per heavy atom. The van der Waals surface area contributed by atoms with E-state index >= 15 is 0 Å². The molecule has 3 rings (SSSR count). The van der Waals surface area contributed by atoms with E-state index in [0.29, 0.717) is 11.6 Å². The van der Waals surface area contributed by atoms with Gasteiger partial charge in [-0.15, -0.1) is 0 Å². The summed E-state index contributed by atoms with van der Waals surface area (Å²) >= 11 is 1.49. The number of aryl methyl sites for hydroxylation is 1. The SMILES string of the molecule is CCc1ccc2nc(NC(=O)Cc3ccc(CC(C)=O)cc3)sc2c1. The van der Waals surface area contributed by atoms with Crippen molar-refractivity contribution in [2.24, 2.45) is 0 Å². The first kappa shape index (κ1) is 17.3. The van der Waals surface area contributed by atoms with E-state index in [1.165, 1.54) is 16.9 Å². The average molecular weight is 352 g/mol. The number of aromatic nitrogens is 1. The molecule has 0 atom stereocenters. The van der Waals surface area contributed by atoms with Gasteiger partial charge in [-0.2, -0.15) is 0 Å². The third-order valence-electron chi connectivity index (χ3n) is 3.95. The predicted octanol–water partition coefficient (Wildman–Crippen LogP) is 4.17. The maximum absolute atomic E-state index is 12.2. The largest absolute Gasteiger partial charge is 0.302 e. The topological polar surface area (TPSA) is 59.1 Å². The molecular formula is C20H20N2O2S. The predicted molar refractivity (Wildman–Crippen MR) is 102 cm³/mol. The van der Waals surface area contributed by atoms with Crippen molar-refractivity contribution in [1.82, 2.24) is 4.98 Å². The number of amides is 1. The first-order chi connectivity index (χ1) is 12.0. The van der Waals surface area contributed by atoms with Gasteiger partial charge in [-0.05, 0) is 42.2 Å². The number of thiazole rings is 1. The molecule has 0 aliphatic heterocycles. The number of hydrogen-bond donors (Lipinski definition) is 1. The van der Waals surface area contributed by atoms with E-state index in [1.54, 1.807) is 6.92 Å². The minimum Gasteiger partial charge on any atom is -0.302 e. The van der Waals surface area contributed by atoms with Crippen LogP contribution in [0.1, 0.15) is 30.5 Å². The van der Waals surface area contributed by atoms with Gasteiger partial charge in [-0.1, -0.05) is 48.6 Å². The highest BCUT2D eigenvalue weighted by atomic mass is 32.1. The lowest BCUT2D eigenvalue weighted by Gasteiger charge is -2.03. The highest BCUT2D eigenvalue weighted by Gasteiger charge is 2.09. The molecule has 0 saturated heterocycles. The Morgan fingerprint density at radius 1 is 1.00 bits per heavy atom. The lowest BCUT2D eigenvalue weighted by molar-refractivity contribution is -0.116. The van der Waals surface area contributed by atoms with Crippen molar-refractivity contribution in [3.63, 3.8) is 0 Å². The summed E-state index contributed by atoms with van der Waals surface area (Å²) in [5.74, 6) is 0.0432. The number of fused-ring (bicyclic) bond motifs is 1. The minimum absolute atomic E-state index is 0.0888. The number of carbonyl (C=O) groups excluding carboxylic acids is 2. The van der Waals surface area contributed by atoms with Gasteiger partial charge in [0.25, 0.3) is 0 Å². The van der Waals surface area contributed by atoms with E-state index in [1.807, 2.05) is 30.3 Å². The van der Waals surface area contributed by atoms with Crippen molar-refractivity contribution in [3.05, 3.63) is 59.2 Å². The molecule has 1 amide bonds. The van der Waals surface area contributed by atoms with E-state index in [-0.39, 0.29) is 18.1 Å². The molecule has 0 aliphatic rings. The van der Waals surface area contributed by atoms with Gasteiger partial charge in [0, 0.05) is 6.42 Å². The number of ketones is 1. The Morgan fingerprint density at radius 2 is 1.64 bits per heavy atom. The summed E-state index contributed by atoms with van der Waals surface area (Å²) in [5, 5.41) is 3.50. The van der Waals surface area contributed by atoms with Crippen LogP contribution in [0.15, 0.2) is 42.5 Å². The molecule has 3 aromatic rings. The maximum atomic E-state index is 12.2. The van der Waals surface area contributed by atoms with Gasteiger partial charge in [0.2, 0.25) is 5.91 Å². The number of benzene rings is 2. The number of hydrogen-bond acceptors (Lipinski definition) is 4. The van der Waals surface area contributed by atoms with Crippen LogP contribution in [-0.4, -0.2) is 16.7 Å². The van der Waals surface area contributed by atoms with Gasteiger partial charge < -0.3 is 5.32 Å². The third kappa shape index (κ3) is 4.51. The number of nitrogens with one attached hydrogen (secondary N) is 1. The second-order valence-corrected chi connectivity index (χ2v) is 7.13. The average Bonchev–Trinajstić information content (AvgIpc) is 2.97. The summed E-state index contributed by atoms with van der Waals surface area (Å²) in [4.78, 5) is 27.8. The van der Waals surface area contributed by atoms with E-state index < -0.39 is 0 Å². The summed E-state index contributed by atoms with van der Waals surface area (Å²) in [6, 6.07) is 13.8. The van der Waals surface area contributed by atoms with Crippen molar-refractivity contribution in [2.75, 3.05) is 5.32 Å². The molecular weight excluding hydrogens is 332 g/mol. The molecule has 0 saturated carbocycles. The van der Waals surface area contributed by atoms with Gasteiger partial charge in [-0.3, -0.25) is 9.59 Å². The molecule has 1 heterocycles. The van der Waals surface area contributed by atoms with E-state index in [0.717, 1.165) is 27.8 Å². The molecule has 0 bridgehead atoms. The zero-order valence-corrected chi connectivity index (χ0v) is 15.2. The van der Waals surface area contributed by atoms with Crippen LogP contribution in [0.25, 0.3) is 10.2 Å². The van der Waals surface area contributed by atoms with E-state index in [9.17, 15) is 9.59 Å². The van der Waals surface area contributed by atoms with Crippen LogP contribution in [0, 0.1) is 0 Å². The molecule has 1 N–H and O–H groups in total. The lowest BCUT2D eigenvalue weighted by atomic mass is 10.1. The van der Waals surface area contributed by atoms with Crippen molar-refractivity contribution >= 4 is 38.4 Å². The molecule has 1 aromatic heterocycles. The summed E-state index contributed by atoms with van der Waals surface area (Å²) < 4.78 is 1.09. The standard InChI is InChI=1S/C20H20N2O2S/c1-3-14-8-9-17-18(11-14)25-20(21-17)22-19(24)12-16-6-4-15(5-7-16)10-13(2)23/h4-9,11H,3,10,12H2,1-2H3,(H,21,22,24). The molecule has 0 aliphatic carbocycles. The minimum atomic E-state index is -0.0888. The zero-order valence-electron chi connectivity index (χ0n) is 14.3. The molecule has 0 fully saturated rings. The van der Waals surface area contributed by atoms with E-state index in [4.69, 9.17) is 0 Å². The fourth-order valence-electron chi connectivity index (χ4n) is 2.65. The van der Waals surface area contributed by atoms with Crippen molar-refractivity contribution in [3.8, 4) is 0 Å².